The molecule has 0 heterocycles. The quantitative estimate of drug-likeness (QED) is 0.877. The minimum absolute atomic E-state index is 0.284. The van der Waals surface area contributed by atoms with Crippen LogP contribution in [0.15, 0.2) is 40.9 Å². The summed E-state index contributed by atoms with van der Waals surface area (Å²) in [6.45, 7) is 3.86. The molecule has 0 aliphatic carbocycles. The maximum atomic E-state index is 13.8. The molecular weight excluding hydrogens is 295 g/mol. The van der Waals surface area contributed by atoms with Crippen LogP contribution in [0.5, 0.6) is 0 Å². The van der Waals surface area contributed by atoms with Crippen LogP contribution in [0.1, 0.15) is 28.4 Å². The summed E-state index contributed by atoms with van der Waals surface area (Å²) >= 11 is 3.29. The number of benzene rings is 2. The van der Waals surface area contributed by atoms with Gasteiger partial charge in [0.25, 0.3) is 0 Å². The van der Waals surface area contributed by atoms with Crippen LogP contribution < -0.4 is 0 Å². The Morgan fingerprint density at radius 1 is 1.17 bits per heavy atom. The zero-order valence-electron chi connectivity index (χ0n) is 10.2. The minimum Gasteiger partial charge on any atom is -0.383 e. The van der Waals surface area contributed by atoms with E-state index in [0.29, 0.717) is 4.47 Å². The third-order valence-corrected chi connectivity index (χ3v) is 3.69. The lowest BCUT2D eigenvalue weighted by Crippen LogP contribution is -2.06. The smallest absolute Gasteiger partial charge is 0.130 e. The van der Waals surface area contributed by atoms with Gasteiger partial charge in [-0.25, -0.2) is 4.39 Å². The monoisotopic (exact) mass is 308 g/mol. The lowest BCUT2D eigenvalue weighted by atomic mass is 9.95. The van der Waals surface area contributed by atoms with Crippen molar-refractivity contribution in [3.05, 3.63) is 68.9 Å². The van der Waals surface area contributed by atoms with Gasteiger partial charge in [-0.15, -0.1) is 0 Å². The van der Waals surface area contributed by atoms with Gasteiger partial charge in [0.2, 0.25) is 0 Å². The van der Waals surface area contributed by atoms with E-state index in [2.05, 4.69) is 15.9 Å². The largest absolute Gasteiger partial charge is 0.383 e. The lowest BCUT2D eigenvalue weighted by Gasteiger charge is -2.17. The van der Waals surface area contributed by atoms with E-state index < -0.39 is 11.9 Å². The highest BCUT2D eigenvalue weighted by Crippen LogP contribution is 2.32. The van der Waals surface area contributed by atoms with E-state index in [1.165, 1.54) is 6.07 Å². The molecule has 1 atom stereocenters. The van der Waals surface area contributed by atoms with Crippen molar-refractivity contribution in [2.45, 2.75) is 20.0 Å². The summed E-state index contributed by atoms with van der Waals surface area (Å²) in [4.78, 5) is 0. The van der Waals surface area contributed by atoms with E-state index in [4.69, 9.17) is 0 Å². The van der Waals surface area contributed by atoms with Crippen molar-refractivity contribution in [3.63, 3.8) is 0 Å². The zero-order valence-corrected chi connectivity index (χ0v) is 11.8. The molecule has 1 nitrogen and oxygen atoms in total. The molecule has 94 valence electrons. The molecule has 3 heteroatoms. The fourth-order valence-electron chi connectivity index (χ4n) is 1.98. The average molecular weight is 309 g/mol. The summed E-state index contributed by atoms with van der Waals surface area (Å²) in [5.74, 6) is -0.405. The molecule has 0 aromatic heterocycles. The third kappa shape index (κ3) is 2.47. The molecule has 18 heavy (non-hydrogen) atoms. The third-order valence-electron chi connectivity index (χ3n) is 3.00. The van der Waals surface area contributed by atoms with Gasteiger partial charge in [0.05, 0.1) is 0 Å². The van der Waals surface area contributed by atoms with Gasteiger partial charge in [0.1, 0.15) is 11.9 Å². The molecule has 1 unspecified atom stereocenters. The molecule has 0 aliphatic heterocycles. The summed E-state index contributed by atoms with van der Waals surface area (Å²) in [5, 5.41) is 10.4. The van der Waals surface area contributed by atoms with Gasteiger partial charge in [0, 0.05) is 10.0 Å². The molecular formula is C15H14BrFO. The summed E-state index contributed by atoms with van der Waals surface area (Å²) in [5.41, 5.74) is 3.01. The van der Waals surface area contributed by atoms with Crippen LogP contribution >= 0.6 is 15.9 Å². The Balaban J connectivity index is 2.54. The molecule has 0 aliphatic rings. The van der Waals surface area contributed by atoms with Gasteiger partial charge in [-0.2, -0.15) is 0 Å². The van der Waals surface area contributed by atoms with Crippen LogP contribution in [-0.2, 0) is 0 Å². The highest BCUT2D eigenvalue weighted by molar-refractivity contribution is 9.10. The Kier molecular flexibility index (Phi) is 3.83. The summed E-state index contributed by atoms with van der Waals surface area (Å²) in [6.07, 6.45) is -0.958. The van der Waals surface area contributed by atoms with Gasteiger partial charge in [-0.3, -0.25) is 0 Å². The van der Waals surface area contributed by atoms with Crippen molar-refractivity contribution in [1.29, 1.82) is 0 Å². The second-order valence-electron chi connectivity index (χ2n) is 4.40. The van der Waals surface area contributed by atoms with Gasteiger partial charge in [-0.05, 0) is 37.1 Å². The molecule has 1 N–H and O–H groups in total. The van der Waals surface area contributed by atoms with Crippen LogP contribution in [0, 0.1) is 19.7 Å². The predicted molar refractivity (Wildman–Crippen MR) is 74.1 cm³/mol. The molecule has 2 aromatic carbocycles. The Bertz CT molecular complexity index is 560. The van der Waals surface area contributed by atoms with Crippen molar-refractivity contribution in [1.82, 2.24) is 0 Å². The molecule has 0 saturated heterocycles. The predicted octanol–water partition coefficient (Wildman–Crippen LogP) is 4.29. The Morgan fingerprint density at radius 3 is 2.56 bits per heavy atom. The first-order chi connectivity index (χ1) is 8.50. The number of hydrogen-bond acceptors (Lipinski definition) is 1. The van der Waals surface area contributed by atoms with Crippen molar-refractivity contribution in [2.24, 2.45) is 0 Å². The van der Waals surface area contributed by atoms with Crippen LogP contribution in [0.3, 0.4) is 0 Å². The van der Waals surface area contributed by atoms with Gasteiger partial charge >= 0.3 is 0 Å². The SMILES string of the molecule is Cc1ccc(C)c(C(O)c2c(F)cccc2Br)c1. The maximum absolute atomic E-state index is 13.8. The maximum Gasteiger partial charge on any atom is 0.130 e. The first-order valence-corrected chi connectivity index (χ1v) is 6.49. The van der Waals surface area contributed by atoms with Crippen molar-refractivity contribution < 1.29 is 9.50 Å². The van der Waals surface area contributed by atoms with Crippen LogP contribution in [0.4, 0.5) is 4.39 Å². The standard InChI is InChI=1S/C15H14BrFO/c1-9-6-7-10(2)11(8-9)15(18)14-12(16)4-3-5-13(14)17/h3-8,15,18H,1-2H3. The molecule has 0 radical (unpaired) electrons. The Labute approximate surface area is 114 Å². The molecule has 2 aromatic rings. The average Bonchev–Trinajstić information content (AvgIpc) is 2.32. The van der Waals surface area contributed by atoms with Crippen molar-refractivity contribution >= 4 is 15.9 Å². The summed E-state index contributed by atoms with van der Waals surface area (Å²) < 4.78 is 14.4. The van der Waals surface area contributed by atoms with Crippen LogP contribution in [0.2, 0.25) is 0 Å². The van der Waals surface area contributed by atoms with E-state index in [0.717, 1.165) is 16.7 Å². The minimum atomic E-state index is -0.958. The Morgan fingerprint density at radius 2 is 1.89 bits per heavy atom. The number of rotatable bonds is 2. The van der Waals surface area contributed by atoms with E-state index in [9.17, 15) is 9.50 Å². The Hall–Kier alpha value is -1.19. The van der Waals surface area contributed by atoms with Crippen LogP contribution in [-0.4, -0.2) is 5.11 Å². The fourth-order valence-corrected chi connectivity index (χ4v) is 2.54. The highest BCUT2D eigenvalue weighted by atomic mass is 79.9. The van der Waals surface area contributed by atoms with E-state index in [-0.39, 0.29) is 5.56 Å². The molecule has 0 fully saturated rings. The summed E-state index contributed by atoms with van der Waals surface area (Å²) in [6, 6.07) is 10.5. The number of halogens is 2. The zero-order chi connectivity index (χ0) is 13.3. The molecule has 0 saturated carbocycles. The van der Waals surface area contributed by atoms with Gasteiger partial charge in [0.15, 0.2) is 0 Å². The van der Waals surface area contributed by atoms with E-state index in [1.807, 2.05) is 32.0 Å². The molecule has 0 spiro atoms. The molecule has 2 rings (SSSR count). The molecule has 0 amide bonds. The van der Waals surface area contributed by atoms with Gasteiger partial charge in [-0.1, -0.05) is 45.8 Å². The molecule has 0 bridgehead atoms. The van der Waals surface area contributed by atoms with E-state index >= 15 is 0 Å². The highest BCUT2D eigenvalue weighted by Gasteiger charge is 2.19. The number of hydrogen-bond donors (Lipinski definition) is 1. The lowest BCUT2D eigenvalue weighted by molar-refractivity contribution is 0.213. The van der Waals surface area contributed by atoms with E-state index in [1.54, 1.807) is 12.1 Å². The normalized spacial score (nSPS) is 12.5. The number of aliphatic hydroxyl groups is 1. The van der Waals surface area contributed by atoms with Gasteiger partial charge < -0.3 is 5.11 Å². The number of aliphatic hydroxyl groups excluding tert-OH is 1. The first-order valence-electron chi connectivity index (χ1n) is 5.70. The second kappa shape index (κ2) is 5.21. The topological polar surface area (TPSA) is 20.2 Å². The van der Waals surface area contributed by atoms with Crippen LogP contribution in [0.25, 0.3) is 0 Å². The summed E-state index contributed by atoms with van der Waals surface area (Å²) in [7, 11) is 0. The van der Waals surface area contributed by atoms with Crippen molar-refractivity contribution in [3.8, 4) is 0 Å². The number of aryl methyl sites for hydroxylation is 2. The fraction of sp³-hybridized carbons (Fsp3) is 0.200. The first kappa shape index (κ1) is 13.2. The second-order valence-corrected chi connectivity index (χ2v) is 5.25. The van der Waals surface area contributed by atoms with Crippen molar-refractivity contribution in [2.75, 3.05) is 0 Å².